The fraction of sp³-hybridized carbons (Fsp3) is 0.455. The van der Waals surface area contributed by atoms with Crippen molar-refractivity contribution in [3.8, 4) is 10.7 Å². The van der Waals surface area contributed by atoms with Crippen molar-refractivity contribution in [3.05, 3.63) is 47.0 Å². The number of furan rings is 1. The molecule has 0 bridgehead atoms. The van der Waals surface area contributed by atoms with Crippen molar-refractivity contribution in [2.24, 2.45) is 7.05 Å². The van der Waals surface area contributed by atoms with Crippen LogP contribution in [0.1, 0.15) is 47.3 Å². The third-order valence-electron chi connectivity index (χ3n) is 5.59. The van der Waals surface area contributed by atoms with Crippen molar-refractivity contribution in [3.63, 3.8) is 0 Å². The minimum absolute atomic E-state index is 0.0152. The van der Waals surface area contributed by atoms with E-state index in [1.165, 1.54) is 11.3 Å². The quantitative estimate of drug-likeness (QED) is 0.562. The lowest BCUT2D eigenvalue weighted by atomic mass is 10.1. The van der Waals surface area contributed by atoms with Crippen LogP contribution in [0.5, 0.6) is 0 Å². The lowest BCUT2D eigenvalue weighted by molar-refractivity contribution is 0.0728. The minimum atomic E-state index is -3.72. The predicted octanol–water partition coefficient (Wildman–Crippen LogP) is 3.59. The van der Waals surface area contributed by atoms with Gasteiger partial charge in [-0.3, -0.25) is 4.79 Å². The standard InChI is InChI=1S/C22H28N4O4S2/c1-15(12-17-8-7-11-30-17)24-32(28,29)18-13-19(25(3)14-18)21-23-16(2)20(31-21)22(27)26-9-5-4-6-10-26/h7-8,11,13-15,24H,4-6,9-10,12H2,1-3H3/t15-/m1/s1. The molecule has 1 aliphatic heterocycles. The predicted molar refractivity (Wildman–Crippen MR) is 123 cm³/mol. The second-order valence-corrected chi connectivity index (χ2v) is 11.0. The van der Waals surface area contributed by atoms with E-state index in [-0.39, 0.29) is 16.8 Å². The highest BCUT2D eigenvalue weighted by Gasteiger charge is 2.26. The van der Waals surface area contributed by atoms with Gasteiger partial charge < -0.3 is 13.9 Å². The van der Waals surface area contributed by atoms with Crippen LogP contribution in [0.25, 0.3) is 10.7 Å². The van der Waals surface area contributed by atoms with Crippen LogP contribution in [0.2, 0.25) is 0 Å². The molecule has 3 aromatic rings. The molecule has 0 unspecified atom stereocenters. The summed E-state index contributed by atoms with van der Waals surface area (Å²) in [5.41, 5.74) is 1.34. The van der Waals surface area contributed by atoms with Gasteiger partial charge in [-0.05, 0) is 51.3 Å². The number of likely N-dealkylation sites (tertiary alicyclic amines) is 1. The summed E-state index contributed by atoms with van der Waals surface area (Å²) in [5, 5.41) is 0.635. The largest absolute Gasteiger partial charge is 0.469 e. The Morgan fingerprint density at radius 2 is 2.06 bits per heavy atom. The first kappa shape index (κ1) is 22.8. The number of piperidine rings is 1. The normalized spacial score (nSPS) is 15.8. The Labute approximate surface area is 192 Å². The summed E-state index contributed by atoms with van der Waals surface area (Å²) in [4.78, 5) is 20.2. The zero-order valence-electron chi connectivity index (χ0n) is 18.5. The molecule has 1 amide bonds. The fourth-order valence-electron chi connectivity index (χ4n) is 3.94. The van der Waals surface area contributed by atoms with Gasteiger partial charge in [0.15, 0.2) is 0 Å². The highest BCUT2D eigenvalue weighted by Crippen LogP contribution is 2.31. The first-order valence-electron chi connectivity index (χ1n) is 10.7. The van der Waals surface area contributed by atoms with Crippen LogP contribution in [0.4, 0.5) is 0 Å². The summed E-state index contributed by atoms with van der Waals surface area (Å²) in [6.45, 7) is 5.18. The van der Waals surface area contributed by atoms with Crippen LogP contribution in [-0.2, 0) is 23.5 Å². The maximum absolute atomic E-state index is 12.9. The summed E-state index contributed by atoms with van der Waals surface area (Å²) < 4.78 is 35.6. The molecule has 3 aromatic heterocycles. The van der Waals surface area contributed by atoms with Crippen molar-refractivity contribution >= 4 is 27.3 Å². The van der Waals surface area contributed by atoms with E-state index in [0.717, 1.165) is 38.1 Å². The van der Waals surface area contributed by atoms with E-state index < -0.39 is 10.0 Å². The van der Waals surface area contributed by atoms with E-state index >= 15 is 0 Å². The van der Waals surface area contributed by atoms with Crippen molar-refractivity contribution in [2.75, 3.05) is 13.1 Å². The minimum Gasteiger partial charge on any atom is -0.469 e. The topological polar surface area (TPSA) is 97.4 Å². The summed E-state index contributed by atoms with van der Waals surface area (Å²) in [6.07, 6.45) is 6.81. The average Bonchev–Trinajstić information content (AvgIpc) is 3.48. The van der Waals surface area contributed by atoms with Gasteiger partial charge in [0.05, 0.1) is 17.7 Å². The van der Waals surface area contributed by atoms with Gasteiger partial charge in [-0.15, -0.1) is 11.3 Å². The second-order valence-electron chi connectivity index (χ2n) is 8.26. The van der Waals surface area contributed by atoms with Gasteiger partial charge >= 0.3 is 0 Å². The van der Waals surface area contributed by atoms with Gasteiger partial charge in [0.25, 0.3) is 5.91 Å². The van der Waals surface area contributed by atoms with Gasteiger partial charge in [-0.1, -0.05) is 0 Å². The molecule has 10 heteroatoms. The number of thiazole rings is 1. The van der Waals surface area contributed by atoms with Gasteiger partial charge in [0.1, 0.15) is 20.5 Å². The SMILES string of the molecule is Cc1nc(-c2cc(S(=O)(=O)N[C@H](C)Cc3ccco3)cn2C)sc1C(=O)N1CCCCC1. The van der Waals surface area contributed by atoms with Crippen molar-refractivity contribution < 1.29 is 17.6 Å². The van der Waals surface area contributed by atoms with Gasteiger partial charge in [-0.25, -0.2) is 18.1 Å². The maximum Gasteiger partial charge on any atom is 0.265 e. The molecule has 1 saturated heterocycles. The van der Waals surface area contributed by atoms with Crippen LogP contribution in [0.3, 0.4) is 0 Å². The van der Waals surface area contributed by atoms with E-state index in [1.807, 2.05) is 17.9 Å². The molecule has 8 nitrogen and oxygen atoms in total. The smallest absolute Gasteiger partial charge is 0.265 e. The number of nitrogens with zero attached hydrogens (tertiary/aromatic N) is 3. The molecular formula is C22H28N4O4S2. The molecule has 0 aromatic carbocycles. The van der Waals surface area contributed by atoms with Crippen molar-refractivity contribution in [1.82, 2.24) is 19.2 Å². The summed E-state index contributed by atoms with van der Waals surface area (Å²) in [6, 6.07) is 4.87. The number of aromatic nitrogens is 2. The number of hydrogen-bond acceptors (Lipinski definition) is 6. The first-order valence-corrected chi connectivity index (χ1v) is 13.0. The Hall–Kier alpha value is -2.43. The van der Waals surface area contributed by atoms with Gasteiger partial charge in [0, 0.05) is 38.8 Å². The number of hydrogen-bond donors (Lipinski definition) is 1. The van der Waals surface area contributed by atoms with Crippen LogP contribution in [-0.4, -0.2) is 47.9 Å². The Bertz CT molecular complexity index is 1190. The average molecular weight is 477 g/mol. The number of nitrogens with one attached hydrogen (secondary N) is 1. The van der Waals surface area contributed by atoms with E-state index in [1.54, 1.807) is 43.1 Å². The number of sulfonamides is 1. The lowest BCUT2D eigenvalue weighted by Crippen LogP contribution is -2.35. The monoisotopic (exact) mass is 476 g/mol. The first-order chi connectivity index (χ1) is 15.2. The Morgan fingerprint density at radius 3 is 2.75 bits per heavy atom. The number of amides is 1. The maximum atomic E-state index is 12.9. The second kappa shape index (κ2) is 9.21. The molecule has 1 atom stereocenters. The highest BCUT2D eigenvalue weighted by molar-refractivity contribution is 7.89. The molecule has 0 saturated carbocycles. The molecule has 1 aliphatic rings. The van der Waals surface area contributed by atoms with E-state index in [2.05, 4.69) is 9.71 Å². The van der Waals surface area contributed by atoms with E-state index in [4.69, 9.17) is 4.42 Å². The molecule has 0 aliphatic carbocycles. The molecule has 4 rings (SSSR count). The summed E-state index contributed by atoms with van der Waals surface area (Å²) in [7, 11) is -1.94. The highest BCUT2D eigenvalue weighted by atomic mass is 32.2. The van der Waals surface area contributed by atoms with E-state index in [0.29, 0.717) is 27.7 Å². The fourth-order valence-corrected chi connectivity index (χ4v) is 6.35. The molecule has 0 spiro atoms. The third kappa shape index (κ3) is 4.82. The molecule has 0 radical (unpaired) electrons. The number of carbonyl (C=O) groups is 1. The van der Waals surface area contributed by atoms with Crippen molar-refractivity contribution in [1.29, 1.82) is 0 Å². The Balaban J connectivity index is 1.53. The zero-order chi connectivity index (χ0) is 22.9. The Morgan fingerprint density at radius 1 is 1.31 bits per heavy atom. The summed E-state index contributed by atoms with van der Waals surface area (Å²) in [5.74, 6) is 0.736. The third-order valence-corrected chi connectivity index (χ3v) is 8.31. The molecule has 32 heavy (non-hydrogen) atoms. The van der Waals surface area contributed by atoms with Gasteiger partial charge in [-0.2, -0.15) is 0 Å². The molecule has 1 N–H and O–H groups in total. The molecule has 172 valence electrons. The number of carbonyl (C=O) groups excluding carboxylic acids is 1. The summed E-state index contributed by atoms with van der Waals surface area (Å²) >= 11 is 1.32. The number of rotatable bonds is 7. The van der Waals surface area contributed by atoms with Crippen LogP contribution >= 0.6 is 11.3 Å². The van der Waals surface area contributed by atoms with E-state index in [9.17, 15) is 13.2 Å². The van der Waals surface area contributed by atoms with Crippen LogP contribution in [0, 0.1) is 6.92 Å². The van der Waals surface area contributed by atoms with Crippen LogP contribution in [0.15, 0.2) is 40.0 Å². The number of aryl methyl sites for hydroxylation is 2. The molecular weight excluding hydrogens is 448 g/mol. The lowest BCUT2D eigenvalue weighted by Gasteiger charge is -2.26. The van der Waals surface area contributed by atoms with Gasteiger partial charge in [0.2, 0.25) is 10.0 Å². The molecule has 1 fully saturated rings. The Kier molecular flexibility index (Phi) is 6.55. The van der Waals surface area contributed by atoms with Crippen molar-refractivity contribution in [2.45, 2.75) is 50.5 Å². The van der Waals surface area contributed by atoms with Crippen LogP contribution < -0.4 is 4.72 Å². The molecule has 4 heterocycles. The zero-order valence-corrected chi connectivity index (χ0v) is 20.1.